The van der Waals surface area contributed by atoms with Gasteiger partial charge in [0.25, 0.3) is 0 Å². The van der Waals surface area contributed by atoms with Gasteiger partial charge in [-0.1, -0.05) is 235 Å². The fraction of sp³-hybridized carbons (Fsp3) is 0.770. The number of nitrogens with zero attached hydrogens (tertiary/aromatic N) is 1. The molecule has 412 valence electrons. The molecule has 3 unspecified atom stereocenters. The predicted molar refractivity (Wildman–Crippen MR) is 305 cm³/mol. The summed E-state index contributed by atoms with van der Waals surface area (Å²) >= 11 is 0. The summed E-state index contributed by atoms with van der Waals surface area (Å²) in [5, 5.41) is 3.04. The monoisotopic (exact) mass is 1020 g/mol. The highest BCUT2D eigenvalue weighted by Gasteiger charge is 2.30. The van der Waals surface area contributed by atoms with Gasteiger partial charge in [-0.2, -0.15) is 0 Å². The second-order valence-electron chi connectivity index (χ2n) is 20.8. The van der Waals surface area contributed by atoms with Crippen molar-refractivity contribution in [3.05, 3.63) is 72.9 Å². The van der Waals surface area contributed by atoms with Gasteiger partial charge in [-0.15, -0.1) is 0 Å². The molecule has 0 aliphatic rings. The van der Waals surface area contributed by atoms with Crippen molar-refractivity contribution >= 4 is 19.7 Å². The second-order valence-corrected chi connectivity index (χ2v) is 22.2. The number of phosphoric ester groups is 1. The van der Waals surface area contributed by atoms with E-state index in [1.807, 2.05) is 33.3 Å². The highest BCUT2D eigenvalue weighted by atomic mass is 31.2. The molecule has 0 aromatic carbocycles. The van der Waals surface area contributed by atoms with E-state index in [2.05, 4.69) is 86.8 Å². The molecule has 10 heteroatoms. The number of phosphoric acid groups is 1. The zero-order chi connectivity index (χ0) is 52.2. The summed E-state index contributed by atoms with van der Waals surface area (Å²) in [5.41, 5.74) is 0. The molecule has 0 saturated heterocycles. The molecule has 0 aromatic rings. The standard InChI is InChI=1S/C61H111N2O7P/c1-7-10-13-16-19-22-25-27-28-29-30-31-32-33-34-36-39-42-45-48-51-54-61(65)70-59(52-49-46-43-40-37-24-21-18-15-12-9-3)58(57-69-71(66,67)68-56-55-63(4,5)6)62-60(64)53-50-47-44-41-38-35-26-23-20-17-14-11-8-2/h10,13,19,22,27-28,30-31,33-34,49,52,58-59H,7-9,11-12,14-18,20-21,23-26,29,32,35-48,50-51,53-57H2,1-6H3,(H-,62,64,66,67)/p+1/b13-10-,22-19-,28-27-,31-30-,34-33-,52-49+. The van der Waals surface area contributed by atoms with Crippen molar-refractivity contribution in [3.8, 4) is 0 Å². The maximum atomic E-state index is 13.5. The van der Waals surface area contributed by atoms with Gasteiger partial charge >= 0.3 is 13.8 Å². The number of allylic oxidation sites excluding steroid dienone is 11. The van der Waals surface area contributed by atoms with E-state index in [1.165, 1.54) is 109 Å². The molecule has 0 aliphatic heterocycles. The molecule has 1 amide bonds. The average Bonchev–Trinajstić information content (AvgIpc) is 3.33. The van der Waals surface area contributed by atoms with E-state index in [4.69, 9.17) is 13.8 Å². The van der Waals surface area contributed by atoms with E-state index in [9.17, 15) is 19.0 Å². The number of hydrogen-bond acceptors (Lipinski definition) is 6. The van der Waals surface area contributed by atoms with Crippen LogP contribution in [0.15, 0.2) is 72.9 Å². The molecule has 0 rings (SSSR count). The largest absolute Gasteiger partial charge is 0.472 e. The average molecular weight is 1020 g/mol. The third-order valence-corrected chi connectivity index (χ3v) is 13.6. The van der Waals surface area contributed by atoms with Crippen LogP contribution in [0.3, 0.4) is 0 Å². The highest BCUT2D eigenvalue weighted by molar-refractivity contribution is 7.47. The maximum Gasteiger partial charge on any atom is 0.472 e. The number of carbonyl (C=O) groups is 2. The van der Waals surface area contributed by atoms with E-state index < -0.39 is 20.0 Å². The Kier molecular flexibility index (Phi) is 49.1. The Morgan fingerprint density at radius 2 is 0.901 bits per heavy atom. The van der Waals surface area contributed by atoms with E-state index >= 15 is 0 Å². The number of amides is 1. The number of likely N-dealkylation sites (N-methyl/N-ethyl adjacent to an activating group) is 1. The van der Waals surface area contributed by atoms with Crippen LogP contribution in [0.4, 0.5) is 0 Å². The molecule has 71 heavy (non-hydrogen) atoms. The molecule has 0 bridgehead atoms. The van der Waals surface area contributed by atoms with Gasteiger partial charge in [-0.3, -0.25) is 18.6 Å². The van der Waals surface area contributed by atoms with E-state index in [1.54, 1.807) is 0 Å². The summed E-state index contributed by atoms with van der Waals surface area (Å²) < 4.78 is 30.6. The van der Waals surface area contributed by atoms with Crippen molar-refractivity contribution in [1.29, 1.82) is 0 Å². The van der Waals surface area contributed by atoms with E-state index in [-0.39, 0.29) is 31.5 Å². The zero-order valence-electron chi connectivity index (χ0n) is 47.0. The number of hydrogen-bond donors (Lipinski definition) is 2. The number of esters is 1. The van der Waals surface area contributed by atoms with E-state index in [0.29, 0.717) is 23.9 Å². The quantitative estimate of drug-likeness (QED) is 0.0205. The first-order valence-electron chi connectivity index (χ1n) is 29.3. The first kappa shape index (κ1) is 68.5. The van der Waals surface area contributed by atoms with Crippen LogP contribution in [0.5, 0.6) is 0 Å². The SMILES string of the molecule is CC/C=C\C/C=C\C/C=C\C/C=C\C/C=C\CCCCCCCC(=O)OC(/C=C/CCCCCCCCCCC)C(COP(=O)(O)OCC[N+](C)(C)C)NC(=O)CCCCCCCCCCCCCCC. The Hall–Kier alpha value is -2.55. The molecule has 2 N–H and O–H groups in total. The first-order chi connectivity index (χ1) is 34.4. The molecule has 0 fully saturated rings. The molecule has 0 radical (unpaired) electrons. The lowest BCUT2D eigenvalue weighted by Crippen LogP contribution is -2.47. The molecule has 0 heterocycles. The van der Waals surface area contributed by atoms with Gasteiger partial charge in [-0.05, 0) is 76.7 Å². The molecule has 0 spiro atoms. The molecule has 0 saturated carbocycles. The first-order valence-corrected chi connectivity index (χ1v) is 30.8. The summed E-state index contributed by atoms with van der Waals surface area (Å²) in [6.07, 6.45) is 64.6. The molecule has 0 aliphatic carbocycles. The summed E-state index contributed by atoms with van der Waals surface area (Å²) in [6, 6.07) is -0.855. The number of rotatable bonds is 52. The number of unbranched alkanes of at least 4 members (excludes halogenated alkanes) is 26. The second kappa shape index (κ2) is 51.0. The minimum absolute atomic E-state index is 0.0355. The fourth-order valence-electron chi connectivity index (χ4n) is 8.14. The fourth-order valence-corrected chi connectivity index (χ4v) is 8.88. The third-order valence-electron chi connectivity index (χ3n) is 12.7. The summed E-state index contributed by atoms with van der Waals surface area (Å²) in [5.74, 6) is -0.526. The van der Waals surface area contributed by atoms with Gasteiger partial charge in [0, 0.05) is 12.8 Å². The van der Waals surface area contributed by atoms with Gasteiger partial charge in [0.1, 0.15) is 19.3 Å². The smallest absolute Gasteiger partial charge is 0.456 e. The Balaban J connectivity index is 5.29. The zero-order valence-corrected chi connectivity index (χ0v) is 47.8. The number of carbonyl (C=O) groups excluding carboxylic acids is 2. The Morgan fingerprint density at radius 3 is 1.35 bits per heavy atom. The van der Waals surface area contributed by atoms with Crippen molar-refractivity contribution in [3.63, 3.8) is 0 Å². The van der Waals surface area contributed by atoms with Crippen molar-refractivity contribution in [2.24, 2.45) is 0 Å². The topological polar surface area (TPSA) is 111 Å². The van der Waals surface area contributed by atoms with Gasteiger partial charge in [-0.25, -0.2) is 4.57 Å². The Morgan fingerprint density at radius 1 is 0.507 bits per heavy atom. The van der Waals surface area contributed by atoms with Crippen LogP contribution >= 0.6 is 7.82 Å². The minimum Gasteiger partial charge on any atom is -0.456 e. The summed E-state index contributed by atoms with van der Waals surface area (Å²) in [4.78, 5) is 37.6. The van der Waals surface area contributed by atoms with Crippen LogP contribution in [0.1, 0.15) is 252 Å². The van der Waals surface area contributed by atoms with Crippen LogP contribution in [-0.2, 0) is 27.9 Å². The molecule has 9 nitrogen and oxygen atoms in total. The summed E-state index contributed by atoms with van der Waals surface area (Å²) in [6.45, 7) is 6.88. The number of ether oxygens (including phenoxy) is 1. The van der Waals surface area contributed by atoms with Crippen molar-refractivity contribution in [2.45, 2.75) is 264 Å². The molecule has 3 atom stereocenters. The van der Waals surface area contributed by atoms with Crippen LogP contribution in [0, 0.1) is 0 Å². The van der Waals surface area contributed by atoms with E-state index in [0.717, 1.165) is 103 Å². The number of nitrogens with one attached hydrogen (secondary N) is 1. The lowest BCUT2D eigenvalue weighted by molar-refractivity contribution is -0.870. The summed E-state index contributed by atoms with van der Waals surface area (Å²) in [7, 11) is 1.48. The predicted octanol–water partition coefficient (Wildman–Crippen LogP) is 17.7. The third kappa shape index (κ3) is 52.1. The van der Waals surface area contributed by atoms with Gasteiger partial charge in [0.05, 0.1) is 33.8 Å². The van der Waals surface area contributed by atoms with Gasteiger partial charge in [0.15, 0.2) is 0 Å². The van der Waals surface area contributed by atoms with Crippen molar-refractivity contribution < 1.29 is 37.3 Å². The van der Waals surface area contributed by atoms with Crippen LogP contribution in [0.2, 0.25) is 0 Å². The molecular weight excluding hydrogens is 904 g/mol. The number of quaternary nitrogens is 1. The van der Waals surface area contributed by atoms with Crippen LogP contribution in [-0.4, -0.2) is 74.3 Å². The van der Waals surface area contributed by atoms with Crippen LogP contribution in [0.25, 0.3) is 0 Å². The van der Waals surface area contributed by atoms with Crippen molar-refractivity contribution in [1.82, 2.24) is 5.32 Å². The lowest BCUT2D eigenvalue weighted by Gasteiger charge is -2.27. The highest BCUT2D eigenvalue weighted by Crippen LogP contribution is 2.43. The maximum absolute atomic E-state index is 13.5. The normalized spacial score (nSPS) is 14.3. The van der Waals surface area contributed by atoms with Gasteiger partial charge < -0.3 is 19.4 Å². The minimum atomic E-state index is -4.45. The van der Waals surface area contributed by atoms with Gasteiger partial charge in [0.2, 0.25) is 5.91 Å². The Bertz CT molecular complexity index is 1450. The molecular formula is C61H112N2O7P+. The van der Waals surface area contributed by atoms with Crippen molar-refractivity contribution in [2.75, 3.05) is 40.9 Å². The lowest BCUT2D eigenvalue weighted by atomic mass is 10.0. The molecule has 0 aromatic heterocycles. The Labute approximate surface area is 438 Å². The van der Waals surface area contributed by atoms with Crippen LogP contribution < -0.4 is 5.32 Å².